The Morgan fingerprint density at radius 2 is 2.24 bits per heavy atom. The van der Waals surface area contributed by atoms with Crippen LogP contribution in [0.25, 0.3) is 0 Å². The Morgan fingerprint density at radius 1 is 1.43 bits per heavy atom. The third kappa shape index (κ3) is 3.58. The van der Waals surface area contributed by atoms with E-state index in [4.69, 9.17) is 0 Å². The van der Waals surface area contributed by atoms with E-state index in [9.17, 15) is 4.79 Å². The zero-order chi connectivity index (χ0) is 14.7. The summed E-state index contributed by atoms with van der Waals surface area (Å²) in [6, 6.07) is 0. The molecule has 1 amide bonds. The highest BCUT2D eigenvalue weighted by molar-refractivity contribution is 8.00. The summed E-state index contributed by atoms with van der Waals surface area (Å²) in [5.74, 6) is 2.75. The SMILES string of the molecule is CN(Cc1nnc2n1CCC2)C(=O)CSC1CCNCC1. The number of carbonyl (C=O) groups excluding carboxylic acids is 1. The maximum Gasteiger partial charge on any atom is 0.232 e. The molecule has 1 N–H and O–H groups in total. The van der Waals surface area contributed by atoms with Crippen LogP contribution in [-0.4, -0.2) is 56.7 Å². The standard InChI is InChI=1S/C14H23N5OS/c1-18(9-13-17-16-12-3-2-8-19(12)13)14(20)10-21-11-4-6-15-7-5-11/h11,15H,2-10H2,1H3. The first-order chi connectivity index (χ1) is 10.2. The number of carbonyl (C=O) groups is 1. The Morgan fingerprint density at radius 3 is 3.05 bits per heavy atom. The molecule has 1 saturated heterocycles. The van der Waals surface area contributed by atoms with Crippen molar-refractivity contribution in [2.24, 2.45) is 0 Å². The second kappa shape index (κ2) is 6.79. The number of hydrogen-bond acceptors (Lipinski definition) is 5. The molecule has 0 spiro atoms. The van der Waals surface area contributed by atoms with E-state index in [1.54, 1.807) is 16.7 Å². The van der Waals surface area contributed by atoms with Crippen LogP contribution in [0.1, 0.15) is 30.9 Å². The number of thioether (sulfide) groups is 1. The van der Waals surface area contributed by atoms with Gasteiger partial charge in [-0.25, -0.2) is 0 Å². The van der Waals surface area contributed by atoms with E-state index < -0.39 is 0 Å². The number of aromatic nitrogens is 3. The third-order valence-electron chi connectivity index (χ3n) is 4.22. The largest absolute Gasteiger partial charge is 0.337 e. The summed E-state index contributed by atoms with van der Waals surface area (Å²) in [5.41, 5.74) is 0. The van der Waals surface area contributed by atoms with Crippen molar-refractivity contribution in [1.29, 1.82) is 0 Å². The van der Waals surface area contributed by atoms with E-state index in [1.807, 2.05) is 7.05 Å². The van der Waals surface area contributed by atoms with Crippen molar-refractivity contribution in [2.75, 3.05) is 25.9 Å². The first-order valence-electron chi connectivity index (χ1n) is 7.71. The highest BCUT2D eigenvalue weighted by Gasteiger charge is 2.21. The van der Waals surface area contributed by atoms with Gasteiger partial charge in [-0.05, 0) is 32.4 Å². The average Bonchev–Trinajstić information content (AvgIpc) is 3.11. The fraction of sp³-hybridized carbons (Fsp3) is 0.786. The van der Waals surface area contributed by atoms with Gasteiger partial charge in [-0.15, -0.1) is 22.0 Å². The molecule has 1 aromatic rings. The fourth-order valence-corrected chi connectivity index (χ4v) is 4.06. The predicted molar refractivity (Wildman–Crippen MR) is 83.2 cm³/mol. The van der Waals surface area contributed by atoms with Crippen molar-refractivity contribution >= 4 is 17.7 Å². The van der Waals surface area contributed by atoms with Gasteiger partial charge < -0.3 is 14.8 Å². The zero-order valence-corrected chi connectivity index (χ0v) is 13.4. The molecule has 0 bridgehead atoms. The molecule has 0 atom stereocenters. The van der Waals surface area contributed by atoms with Gasteiger partial charge in [0.2, 0.25) is 5.91 Å². The van der Waals surface area contributed by atoms with Crippen molar-refractivity contribution < 1.29 is 4.79 Å². The number of aryl methyl sites for hydroxylation is 1. The molecule has 0 radical (unpaired) electrons. The summed E-state index contributed by atoms with van der Waals surface area (Å²) >= 11 is 1.80. The van der Waals surface area contributed by atoms with Gasteiger partial charge in [0, 0.05) is 25.3 Å². The molecular weight excluding hydrogens is 286 g/mol. The van der Waals surface area contributed by atoms with Crippen LogP contribution < -0.4 is 5.32 Å². The lowest BCUT2D eigenvalue weighted by atomic mass is 10.2. The van der Waals surface area contributed by atoms with E-state index in [1.165, 1.54) is 12.8 Å². The van der Waals surface area contributed by atoms with Crippen LogP contribution in [0.2, 0.25) is 0 Å². The van der Waals surface area contributed by atoms with Crippen LogP contribution in [0.15, 0.2) is 0 Å². The van der Waals surface area contributed by atoms with Crippen LogP contribution in [0, 0.1) is 0 Å². The molecule has 21 heavy (non-hydrogen) atoms. The fourth-order valence-electron chi connectivity index (χ4n) is 2.89. The number of piperidine rings is 1. The summed E-state index contributed by atoms with van der Waals surface area (Å²) in [6.45, 7) is 3.71. The van der Waals surface area contributed by atoms with Crippen molar-refractivity contribution in [2.45, 2.75) is 44.0 Å². The minimum atomic E-state index is 0.189. The Hall–Kier alpha value is -1.08. The molecule has 116 valence electrons. The second-order valence-corrected chi connectivity index (χ2v) is 7.09. The highest BCUT2D eigenvalue weighted by Crippen LogP contribution is 2.21. The van der Waals surface area contributed by atoms with E-state index in [0.717, 1.165) is 44.1 Å². The molecule has 0 saturated carbocycles. The van der Waals surface area contributed by atoms with Crippen LogP contribution >= 0.6 is 11.8 Å². The van der Waals surface area contributed by atoms with Gasteiger partial charge in [-0.1, -0.05) is 0 Å². The van der Waals surface area contributed by atoms with Gasteiger partial charge >= 0.3 is 0 Å². The summed E-state index contributed by atoms with van der Waals surface area (Å²) in [4.78, 5) is 14.0. The summed E-state index contributed by atoms with van der Waals surface area (Å²) in [7, 11) is 1.86. The molecule has 7 heteroatoms. The maximum atomic E-state index is 12.2. The van der Waals surface area contributed by atoms with Crippen LogP contribution in [0.4, 0.5) is 0 Å². The lowest BCUT2D eigenvalue weighted by Crippen LogP contribution is -2.32. The molecule has 0 aliphatic carbocycles. The Bertz CT molecular complexity index is 498. The highest BCUT2D eigenvalue weighted by atomic mass is 32.2. The maximum absolute atomic E-state index is 12.2. The lowest BCUT2D eigenvalue weighted by molar-refractivity contribution is -0.127. The number of fused-ring (bicyclic) bond motifs is 1. The molecule has 0 unspecified atom stereocenters. The van der Waals surface area contributed by atoms with Gasteiger partial charge in [-0.3, -0.25) is 4.79 Å². The molecule has 1 aromatic heterocycles. The summed E-state index contributed by atoms with van der Waals surface area (Å²) in [6.07, 6.45) is 4.48. The number of nitrogens with one attached hydrogen (secondary N) is 1. The van der Waals surface area contributed by atoms with Gasteiger partial charge in [0.15, 0.2) is 5.82 Å². The molecule has 3 heterocycles. The third-order valence-corrected chi connectivity index (χ3v) is 5.58. The van der Waals surface area contributed by atoms with Crippen molar-refractivity contribution in [1.82, 2.24) is 25.0 Å². The van der Waals surface area contributed by atoms with Crippen molar-refractivity contribution in [3.8, 4) is 0 Å². The summed E-state index contributed by atoms with van der Waals surface area (Å²) in [5, 5.41) is 12.4. The lowest BCUT2D eigenvalue weighted by Gasteiger charge is -2.23. The molecular formula is C14H23N5OS. The number of nitrogens with zero attached hydrogens (tertiary/aromatic N) is 4. The van der Waals surface area contributed by atoms with Crippen molar-refractivity contribution in [3.05, 3.63) is 11.6 Å². The molecule has 2 aliphatic heterocycles. The van der Waals surface area contributed by atoms with E-state index in [-0.39, 0.29) is 5.91 Å². The van der Waals surface area contributed by atoms with Crippen LogP contribution in [0.3, 0.4) is 0 Å². The number of hydrogen-bond donors (Lipinski definition) is 1. The second-order valence-electron chi connectivity index (χ2n) is 5.80. The normalized spacial score (nSPS) is 18.7. The first-order valence-corrected chi connectivity index (χ1v) is 8.76. The number of rotatable bonds is 5. The van der Waals surface area contributed by atoms with Crippen molar-refractivity contribution in [3.63, 3.8) is 0 Å². The van der Waals surface area contributed by atoms with Crippen LogP contribution in [-0.2, 0) is 24.3 Å². The zero-order valence-electron chi connectivity index (χ0n) is 12.5. The van der Waals surface area contributed by atoms with E-state index in [2.05, 4.69) is 20.1 Å². The topological polar surface area (TPSA) is 63.1 Å². The smallest absolute Gasteiger partial charge is 0.232 e. The van der Waals surface area contributed by atoms with Gasteiger partial charge in [0.1, 0.15) is 5.82 Å². The van der Waals surface area contributed by atoms with Gasteiger partial charge in [0.25, 0.3) is 0 Å². The molecule has 1 fully saturated rings. The minimum absolute atomic E-state index is 0.189. The molecule has 0 aromatic carbocycles. The minimum Gasteiger partial charge on any atom is -0.337 e. The number of amides is 1. The Labute approximate surface area is 129 Å². The molecule has 6 nitrogen and oxygen atoms in total. The quantitative estimate of drug-likeness (QED) is 0.866. The van der Waals surface area contributed by atoms with Gasteiger partial charge in [-0.2, -0.15) is 0 Å². The molecule has 2 aliphatic rings. The monoisotopic (exact) mass is 309 g/mol. The molecule has 3 rings (SSSR count). The van der Waals surface area contributed by atoms with Crippen LogP contribution in [0.5, 0.6) is 0 Å². The van der Waals surface area contributed by atoms with E-state index >= 15 is 0 Å². The van der Waals surface area contributed by atoms with E-state index in [0.29, 0.717) is 17.5 Å². The van der Waals surface area contributed by atoms with Gasteiger partial charge in [0.05, 0.1) is 12.3 Å². The first kappa shape index (κ1) is 14.8. The Kier molecular flexibility index (Phi) is 4.80. The Balaban J connectivity index is 1.47. The summed E-state index contributed by atoms with van der Waals surface area (Å²) < 4.78 is 2.16. The average molecular weight is 309 g/mol. The predicted octanol–water partition coefficient (Wildman–Crippen LogP) is 0.668.